The molecule has 0 radical (unpaired) electrons. The Hall–Kier alpha value is -2.99. The molecular weight excluding hydrogens is 632 g/mol. The number of nitrogens with one attached hydrogen (secondary N) is 2. The first-order valence-electron chi connectivity index (χ1n) is 18.2. The fraction of sp³-hybridized carbons (Fsp3) is 0.811. The number of carbonyl (C=O) groups is 5. The lowest BCUT2D eigenvalue weighted by molar-refractivity contribution is -0.148. The first-order chi connectivity index (χ1) is 23.5. The summed E-state index contributed by atoms with van der Waals surface area (Å²) in [6.45, 7) is 11.6. The van der Waals surface area contributed by atoms with Gasteiger partial charge < -0.3 is 39.1 Å². The van der Waals surface area contributed by atoms with Crippen LogP contribution in [0.4, 0.5) is 0 Å². The predicted molar refractivity (Wildman–Crippen MR) is 191 cm³/mol. The van der Waals surface area contributed by atoms with Gasteiger partial charge in [-0.1, -0.05) is 65.2 Å². The van der Waals surface area contributed by atoms with Gasteiger partial charge in [0.2, 0.25) is 11.8 Å². The minimum Gasteiger partial charge on any atom is -0.505 e. The highest BCUT2D eigenvalue weighted by Gasteiger charge is 2.15. The normalized spacial score (nSPS) is 13.3. The van der Waals surface area contributed by atoms with Crippen molar-refractivity contribution >= 4 is 30.0 Å². The van der Waals surface area contributed by atoms with Gasteiger partial charge in [0.25, 0.3) is 0 Å². The second kappa shape index (κ2) is 34.9. The Morgan fingerprint density at radius 3 is 1.51 bits per heavy atom. The summed E-state index contributed by atoms with van der Waals surface area (Å²) in [5.41, 5.74) is 0. The maximum absolute atomic E-state index is 11.2. The van der Waals surface area contributed by atoms with E-state index in [0.717, 1.165) is 38.4 Å². The molecule has 0 bridgehead atoms. The molecule has 0 aromatic carbocycles. The highest BCUT2D eigenvalue weighted by atomic mass is 16.5. The first kappa shape index (κ1) is 48.1. The van der Waals surface area contributed by atoms with Crippen molar-refractivity contribution in [3.05, 3.63) is 12.3 Å². The summed E-state index contributed by atoms with van der Waals surface area (Å²) in [5, 5.41) is 5.45. The molecule has 0 spiro atoms. The van der Waals surface area contributed by atoms with Crippen LogP contribution in [0.15, 0.2) is 12.3 Å². The monoisotopic (exact) mass is 700 g/mol. The zero-order valence-corrected chi connectivity index (χ0v) is 31.6. The van der Waals surface area contributed by atoms with E-state index in [-0.39, 0.29) is 61.1 Å². The molecule has 0 aliphatic heterocycles. The smallest absolute Gasteiger partial charge is 0.302 e. The molecule has 0 aliphatic carbocycles. The molecule has 2 unspecified atom stereocenters. The number of carbonyl (C=O) groups excluding carboxylic acids is 5. The topological polar surface area (TPSA) is 156 Å². The molecule has 0 aliphatic rings. The van der Waals surface area contributed by atoms with Gasteiger partial charge in [-0.25, -0.2) is 0 Å². The maximum atomic E-state index is 11.2. The van der Waals surface area contributed by atoms with Gasteiger partial charge in [-0.3, -0.25) is 19.2 Å². The standard InChI is InChI=1S/C19H35NO5.C18H33NO5/c1-5-6-7-8-9-10-19(25-17(3)22)12-14-24-15-18(11-13-23-4)20-16(2)21;1-4-5-6-7-8-9-18(24-16(3)22)11-13-23-14-17(10-12-20)19-15(2)21/h11,13,18-19H,5-10,12,14-15H2,1-4H3,(H,20,21);12,17-18H,4-11,13-14H2,1-3H3,(H,19,21)/b13-11+;/t;17-,18+/m.0/s1. The molecule has 0 fully saturated rings. The third kappa shape index (κ3) is 36.1. The summed E-state index contributed by atoms with van der Waals surface area (Å²) in [4.78, 5) is 55.2. The minimum atomic E-state index is -0.304. The molecule has 0 saturated carbocycles. The van der Waals surface area contributed by atoms with Crippen molar-refractivity contribution in [2.45, 2.75) is 162 Å². The molecular formula is C37H68N2O10. The van der Waals surface area contributed by atoms with Gasteiger partial charge in [0.15, 0.2) is 0 Å². The Kier molecular flexibility index (Phi) is 34.2. The first-order valence-corrected chi connectivity index (χ1v) is 18.2. The number of unbranched alkanes of at least 4 members (excludes halogenated alkanes) is 8. The van der Waals surface area contributed by atoms with Crippen LogP contribution < -0.4 is 10.6 Å². The Bertz CT molecular complexity index is 883. The third-order valence-corrected chi connectivity index (χ3v) is 7.33. The second-order valence-corrected chi connectivity index (χ2v) is 12.3. The van der Waals surface area contributed by atoms with Gasteiger partial charge in [0.05, 0.1) is 51.9 Å². The van der Waals surface area contributed by atoms with Crippen molar-refractivity contribution in [3.63, 3.8) is 0 Å². The van der Waals surface area contributed by atoms with E-state index in [4.69, 9.17) is 23.7 Å². The molecule has 0 aromatic rings. The van der Waals surface area contributed by atoms with Crippen LogP contribution in [0.3, 0.4) is 0 Å². The molecule has 286 valence electrons. The zero-order chi connectivity index (χ0) is 37.1. The fourth-order valence-corrected chi connectivity index (χ4v) is 4.96. The number of ether oxygens (including phenoxy) is 5. The number of amides is 2. The fourth-order valence-electron chi connectivity index (χ4n) is 4.96. The highest BCUT2D eigenvalue weighted by molar-refractivity contribution is 5.74. The SMILES string of the molecule is CCCCCCCC(CCOCC(/C=C/OC)NC(C)=O)OC(C)=O.CCCCCCC[C@H](CCOC[C@H](CC=O)NC(C)=O)OC(C)=O. The van der Waals surface area contributed by atoms with E-state index in [1.807, 2.05) is 0 Å². The molecule has 0 heterocycles. The van der Waals surface area contributed by atoms with Crippen LogP contribution in [0.5, 0.6) is 0 Å². The van der Waals surface area contributed by atoms with Crippen LogP contribution >= 0.6 is 0 Å². The molecule has 12 nitrogen and oxygen atoms in total. The van der Waals surface area contributed by atoms with Gasteiger partial charge in [0.1, 0.15) is 18.5 Å². The van der Waals surface area contributed by atoms with Gasteiger partial charge in [-0.15, -0.1) is 0 Å². The predicted octanol–water partition coefficient (Wildman–Crippen LogP) is 6.13. The quantitative estimate of drug-likeness (QED) is 0.0387. The van der Waals surface area contributed by atoms with E-state index < -0.39 is 0 Å². The Labute approximate surface area is 296 Å². The number of rotatable bonds is 30. The zero-order valence-electron chi connectivity index (χ0n) is 31.6. The van der Waals surface area contributed by atoms with Crippen LogP contribution in [0, 0.1) is 0 Å². The Balaban J connectivity index is 0. The summed E-state index contributed by atoms with van der Waals surface area (Å²) < 4.78 is 26.8. The van der Waals surface area contributed by atoms with Gasteiger partial charge in [0, 0.05) is 47.0 Å². The number of hydrogen-bond acceptors (Lipinski definition) is 10. The summed E-state index contributed by atoms with van der Waals surface area (Å²) in [5.74, 6) is -0.835. The van der Waals surface area contributed by atoms with Crippen molar-refractivity contribution in [1.82, 2.24) is 10.6 Å². The number of aldehydes is 1. The molecule has 4 atom stereocenters. The van der Waals surface area contributed by atoms with Gasteiger partial charge in [-0.05, 0) is 31.8 Å². The lowest BCUT2D eigenvalue weighted by Gasteiger charge is -2.19. The number of methoxy groups -OCH3 is 1. The van der Waals surface area contributed by atoms with Gasteiger partial charge >= 0.3 is 11.9 Å². The summed E-state index contributed by atoms with van der Waals surface area (Å²) in [6.07, 6.45) is 18.8. The largest absolute Gasteiger partial charge is 0.505 e. The molecule has 2 N–H and O–H groups in total. The van der Waals surface area contributed by atoms with E-state index in [1.54, 1.807) is 13.2 Å². The summed E-state index contributed by atoms with van der Waals surface area (Å²) in [6, 6.07) is -0.542. The molecule has 2 amide bonds. The minimum absolute atomic E-state index is 0.104. The van der Waals surface area contributed by atoms with E-state index >= 15 is 0 Å². The lowest BCUT2D eigenvalue weighted by atomic mass is 10.1. The average Bonchev–Trinajstić information content (AvgIpc) is 3.02. The molecule has 12 heteroatoms. The van der Waals surface area contributed by atoms with E-state index in [2.05, 4.69) is 24.5 Å². The van der Waals surface area contributed by atoms with Crippen LogP contribution in [0.2, 0.25) is 0 Å². The molecule has 0 saturated heterocycles. The number of hydrogen-bond donors (Lipinski definition) is 2. The van der Waals surface area contributed by atoms with E-state index in [1.165, 1.54) is 78.9 Å². The second-order valence-electron chi connectivity index (χ2n) is 12.3. The van der Waals surface area contributed by atoms with Gasteiger partial charge in [-0.2, -0.15) is 0 Å². The summed E-state index contributed by atoms with van der Waals surface area (Å²) >= 11 is 0. The van der Waals surface area contributed by atoms with Crippen LogP contribution in [0.1, 0.15) is 138 Å². The van der Waals surface area contributed by atoms with Crippen molar-refractivity contribution < 1.29 is 47.7 Å². The van der Waals surface area contributed by atoms with Crippen LogP contribution in [-0.4, -0.2) is 87.9 Å². The van der Waals surface area contributed by atoms with Crippen LogP contribution in [0.25, 0.3) is 0 Å². The van der Waals surface area contributed by atoms with E-state index in [0.29, 0.717) is 32.7 Å². The molecule has 0 aromatic heterocycles. The number of esters is 2. The van der Waals surface area contributed by atoms with Crippen LogP contribution in [-0.2, 0) is 47.7 Å². The summed E-state index contributed by atoms with van der Waals surface area (Å²) in [7, 11) is 1.55. The van der Waals surface area contributed by atoms with Crippen molar-refractivity contribution in [2.75, 3.05) is 33.5 Å². The highest BCUT2D eigenvalue weighted by Crippen LogP contribution is 2.14. The van der Waals surface area contributed by atoms with Crippen molar-refractivity contribution in [3.8, 4) is 0 Å². The molecule has 0 rings (SSSR count). The third-order valence-electron chi connectivity index (χ3n) is 7.33. The van der Waals surface area contributed by atoms with E-state index in [9.17, 15) is 24.0 Å². The maximum Gasteiger partial charge on any atom is 0.302 e. The average molecular weight is 701 g/mol. The lowest BCUT2D eigenvalue weighted by Crippen LogP contribution is -2.37. The van der Waals surface area contributed by atoms with Crippen molar-refractivity contribution in [1.29, 1.82) is 0 Å². The Morgan fingerprint density at radius 1 is 0.633 bits per heavy atom. The Morgan fingerprint density at radius 2 is 1.10 bits per heavy atom. The molecule has 49 heavy (non-hydrogen) atoms. The van der Waals surface area contributed by atoms with Crippen molar-refractivity contribution in [2.24, 2.45) is 0 Å².